The molecule has 1 amide bonds. The molecule has 2 heteroatoms. The predicted molar refractivity (Wildman–Crippen MR) is 38.5 cm³/mol. The summed E-state index contributed by atoms with van der Waals surface area (Å²) in [6.45, 7) is 0. The van der Waals surface area contributed by atoms with Gasteiger partial charge in [-0.2, -0.15) is 0 Å². The van der Waals surface area contributed by atoms with Gasteiger partial charge in [-0.1, -0.05) is 12.5 Å². The molecule has 1 fully saturated rings. The third-order valence-electron chi connectivity index (χ3n) is 2.25. The molecule has 1 N–H and O–H groups in total. The van der Waals surface area contributed by atoms with Gasteiger partial charge < -0.3 is 5.32 Å². The van der Waals surface area contributed by atoms with Gasteiger partial charge in [0, 0.05) is 5.57 Å². The molecule has 1 atom stereocenters. The minimum atomic E-state index is 0.159. The molecule has 54 valence electrons. The molecule has 2 nitrogen and oxygen atoms in total. The SMILES string of the molecule is O=C1NC2CCCCC=C12. The summed E-state index contributed by atoms with van der Waals surface area (Å²) >= 11 is 0. The fraction of sp³-hybridized carbons (Fsp3) is 0.625. The van der Waals surface area contributed by atoms with Gasteiger partial charge in [-0.25, -0.2) is 0 Å². The average molecular weight is 137 g/mol. The van der Waals surface area contributed by atoms with Crippen molar-refractivity contribution in [2.75, 3.05) is 0 Å². The van der Waals surface area contributed by atoms with Crippen molar-refractivity contribution in [3.63, 3.8) is 0 Å². The molecule has 1 heterocycles. The molecule has 10 heavy (non-hydrogen) atoms. The van der Waals surface area contributed by atoms with Crippen LogP contribution in [0.25, 0.3) is 0 Å². The van der Waals surface area contributed by atoms with Crippen molar-refractivity contribution >= 4 is 5.91 Å². The molecule has 0 aromatic rings. The summed E-state index contributed by atoms with van der Waals surface area (Å²) in [4.78, 5) is 10.8. The number of amides is 1. The maximum atomic E-state index is 10.8. The van der Waals surface area contributed by atoms with Crippen LogP contribution in [0.15, 0.2) is 11.6 Å². The highest BCUT2D eigenvalue weighted by Crippen LogP contribution is 2.24. The van der Waals surface area contributed by atoms with Crippen molar-refractivity contribution in [3.05, 3.63) is 11.6 Å². The Balaban J connectivity index is 2.15. The highest BCUT2D eigenvalue weighted by Gasteiger charge is 2.32. The van der Waals surface area contributed by atoms with Crippen LogP contribution in [0, 0.1) is 0 Å². The van der Waals surface area contributed by atoms with Gasteiger partial charge >= 0.3 is 0 Å². The monoisotopic (exact) mass is 137 g/mol. The first-order valence-electron chi connectivity index (χ1n) is 3.89. The number of allylic oxidation sites excluding steroid dienone is 1. The van der Waals surface area contributed by atoms with Crippen LogP contribution in [-0.2, 0) is 4.79 Å². The van der Waals surface area contributed by atoms with Gasteiger partial charge in [0.1, 0.15) is 0 Å². The summed E-state index contributed by atoms with van der Waals surface area (Å²) in [7, 11) is 0. The number of carbonyl (C=O) groups is 1. The summed E-state index contributed by atoms with van der Waals surface area (Å²) in [6.07, 6.45) is 6.84. The third kappa shape index (κ3) is 0.753. The minimum absolute atomic E-state index is 0.159. The molecule has 0 radical (unpaired) electrons. The van der Waals surface area contributed by atoms with Crippen molar-refractivity contribution in [1.82, 2.24) is 5.32 Å². The molecule has 1 aliphatic heterocycles. The Kier molecular flexibility index (Phi) is 1.26. The van der Waals surface area contributed by atoms with E-state index in [9.17, 15) is 4.79 Å². The van der Waals surface area contributed by atoms with Gasteiger partial charge in [-0.15, -0.1) is 0 Å². The maximum absolute atomic E-state index is 10.8. The molecular weight excluding hydrogens is 126 g/mol. The Morgan fingerprint density at radius 1 is 1.50 bits per heavy atom. The molecule has 1 unspecified atom stereocenters. The van der Waals surface area contributed by atoms with Crippen LogP contribution >= 0.6 is 0 Å². The van der Waals surface area contributed by atoms with Gasteiger partial charge in [-0.3, -0.25) is 4.79 Å². The van der Waals surface area contributed by atoms with E-state index in [1.807, 2.05) is 0 Å². The van der Waals surface area contributed by atoms with E-state index in [0.717, 1.165) is 18.4 Å². The fourth-order valence-electron chi connectivity index (χ4n) is 1.61. The van der Waals surface area contributed by atoms with E-state index in [1.165, 1.54) is 12.8 Å². The first-order chi connectivity index (χ1) is 4.88. The van der Waals surface area contributed by atoms with Crippen molar-refractivity contribution < 1.29 is 4.79 Å². The second kappa shape index (κ2) is 2.11. The van der Waals surface area contributed by atoms with E-state index in [0.29, 0.717) is 6.04 Å². The van der Waals surface area contributed by atoms with Crippen molar-refractivity contribution in [2.24, 2.45) is 0 Å². The van der Waals surface area contributed by atoms with Crippen LogP contribution in [0.1, 0.15) is 25.7 Å². The van der Waals surface area contributed by atoms with Gasteiger partial charge in [0.05, 0.1) is 6.04 Å². The second-order valence-electron chi connectivity index (χ2n) is 2.97. The number of hydrogen-bond donors (Lipinski definition) is 1. The zero-order chi connectivity index (χ0) is 6.97. The normalized spacial score (nSPS) is 31.0. The zero-order valence-corrected chi connectivity index (χ0v) is 5.89. The fourth-order valence-corrected chi connectivity index (χ4v) is 1.61. The van der Waals surface area contributed by atoms with Gasteiger partial charge in [0.2, 0.25) is 5.91 Å². The zero-order valence-electron chi connectivity index (χ0n) is 5.89. The maximum Gasteiger partial charge on any atom is 0.249 e. The first kappa shape index (κ1) is 5.96. The standard InChI is InChI=1S/C8H11NO/c10-8-6-4-2-1-3-5-7(6)9-8/h4,7H,1-3,5H2,(H,9,10). The van der Waals surface area contributed by atoms with Gasteiger partial charge in [-0.05, 0) is 19.3 Å². The van der Waals surface area contributed by atoms with E-state index in [-0.39, 0.29) is 5.91 Å². The predicted octanol–water partition coefficient (Wildman–Crippen LogP) is 0.985. The van der Waals surface area contributed by atoms with Crippen LogP contribution in [-0.4, -0.2) is 11.9 Å². The quantitative estimate of drug-likeness (QED) is 0.495. The Hall–Kier alpha value is -0.790. The molecule has 1 saturated heterocycles. The molecule has 0 bridgehead atoms. The first-order valence-corrected chi connectivity index (χ1v) is 3.89. The lowest BCUT2D eigenvalue weighted by Gasteiger charge is -2.29. The Morgan fingerprint density at radius 2 is 2.40 bits per heavy atom. The summed E-state index contributed by atoms with van der Waals surface area (Å²) in [6, 6.07) is 0.412. The lowest BCUT2D eigenvalue weighted by atomic mass is 9.96. The average Bonchev–Trinajstić information content (AvgIpc) is 2.09. The molecule has 2 aliphatic rings. The number of nitrogens with one attached hydrogen (secondary N) is 1. The second-order valence-corrected chi connectivity index (χ2v) is 2.97. The molecule has 0 aromatic carbocycles. The topological polar surface area (TPSA) is 29.1 Å². The highest BCUT2D eigenvalue weighted by atomic mass is 16.2. The molecular formula is C8H11NO. The number of fused-ring (bicyclic) bond motifs is 1. The van der Waals surface area contributed by atoms with Crippen molar-refractivity contribution in [2.45, 2.75) is 31.7 Å². The summed E-state index contributed by atoms with van der Waals surface area (Å²) in [5, 5.41) is 2.88. The van der Waals surface area contributed by atoms with Crippen LogP contribution in [0.5, 0.6) is 0 Å². The molecule has 0 aromatic heterocycles. The largest absolute Gasteiger partial charge is 0.345 e. The van der Waals surface area contributed by atoms with Crippen LogP contribution < -0.4 is 5.32 Å². The number of carbonyl (C=O) groups excluding carboxylic acids is 1. The molecule has 2 rings (SSSR count). The number of rotatable bonds is 0. The number of hydrogen-bond acceptors (Lipinski definition) is 1. The summed E-state index contributed by atoms with van der Waals surface area (Å²) in [5.74, 6) is 0.159. The number of β-lactam (4-membered cyclic amide) rings is 1. The van der Waals surface area contributed by atoms with E-state index in [4.69, 9.17) is 0 Å². The highest BCUT2D eigenvalue weighted by molar-refractivity contribution is 6.01. The van der Waals surface area contributed by atoms with Crippen LogP contribution in [0.2, 0.25) is 0 Å². The van der Waals surface area contributed by atoms with Crippen LogP contribution in [0.4, 0.5) is 0 Å². The van der Waals surface area contributed by atoms with E-state index in [2.05, 4.69) is 11.4 Å². The molecule has 0 spiro atoms. The summed E-state index contributed by atoms with van der Waals surface area (Å²) < 4.78 is 0. The van der Waals surface area contributed by atoms with Crippen LogP contribution in [0.3, 0.4) is 0 Å². The lowest BCUT2D eigenvalue weighted by Crippen LogP contribution is -2.50. The minimum Gasteiger partial charge on any atom is -0.345 e. The van der Waals surface area contributed by atoms with Crippen molar-refractivity contribution in [1.29, 1.82) is 0 Å². The lowest BCUT2D eigenvalue weighted by molar-refractivity contribution is -0.122. The Morgan fingerprint density at radius 3 is 3.20 bits per heavy atom. The van der Waals surface area contributed by atoms with E-state index in [1.54, 1.807) is 0 Å². The van der Waals surface area contributed by atoms with E-state index >= 15 is 0 Å². The third-order valence-corrected chi connectivity index (χ3v) is 2.25. The Bertz CT molecular complexity index is 195. The molecule has 1 aliphatic carbocycles. The van der Waals surface area contributed by atoms with Gasteiger partial charge in [0.25, 0.3) is 0 Å². The van der Waals surface area contributed by atoms with E-state index < -0.39 is 0 Å². The molecule has 0 saturated carbocycles. The van der Waals surface area contributed by atoms with Crippen molar-refractivity contribution in [3.8, 4) is 0 Å². The smallest absolute Gasteiger partial charge is 0.249 e. The van der Waals surface area contributed by atoms with Gasteiger partial charge in [0.15, 0.2) is 0 Å². The Labute approximate surface area is 60.3 Å². The summed E-state index contributed by atoms with van der Waals surface area (Å²) in [5.41, 5.74) is 1.04.